The lowest BCUT2D eigenvalue weighted by atomic mass is 9.92. The molecule has 1 saturated heterocycles. The van der Waals surface area contributed by atoms with Crippen molar-refractivity contribution >= 4 is 10.0 Å². The minimum absolute atomic E-state index is 0.469. The zero-order valence-electron chi connectivity index (χ0n) is 14.5. The lowest BCUT2D eigenvalue weighted by molar-refractivity contribution is 0.149. The number of ether oxygens (including phenoxy) is 1. The van der Waals surface area contributed by atoms with Crippen molar-refractivity contribution in [1.29, 1.82) is 0 Å². The van der Waals surface area contributed by atoms with Crippen molar-refractivity contribution in [2.45, 2.75) is 37.0 Å². The summed E-state index contributed by atoms with van der Waals surface area (Å²) in [5.74, 6) is 0. The maximum atomic E-state index is 12.9. The first-order chi connectivity index (χ1) is 11.6. The monoisotopic (exact) mass is 352 g/mol. The third kappa shape index (κ3) is 3.99. The van der Waals surface area contributed by atoms with Gasteiger partial charge < -0.3 is 9.64 Å². The molecule has 134 valence electrons. The van der Waals surface area contributed by atoms with Crippen molar-refractivity contribution in [3.63, 3.8) is 0 Å². The summed E-state index contributed by atoms with van der Waals surface area (Å²) in [6.45, 7) is 4.48. The number of fused-ring (bicyclic) bond motifs is 1. The Labute approximate surface area is 145 Å². The molecule has 0 radical (unpaired) electrons. The molecule has 0 amide bonds. The Morgan fingerprint density at radius 1 is 1.04 bits per heavy atom. The van der Waals surface area contributed by atoms with Crippen molar-refractivity contribution in [3.05, 3.63) is 29.3 Å². The van der Waals surface area contributed by atoms with Crippen molar-refractivity contribution < 1.29 is 13.2 Å². The smallest absolute Gasteiger partial charge is 0.243 e. The largest absolute Gasteiger partial charge is 0.385 e. The highest BCUT2D eigenvalue weighted by molar-refractivity contribution is 7.89. The van der Waals surface area contributed by atoms with Gasteiger partial charge in [0.2, 0.25) is 10.0 Å². The highest BCUT2D eigenvalue weighted by atomic mass is 32.2. The van der Waals surface area contributed by atoms with Gasteiger partial charge in [-0.2, -0.15) is 4.31 Å². The van der Waals surface area contributed by atoms with Gasteiger partial charge in [0.15, 0.2) is 0 Å². The van der Waals surface area contributed by atoms with Gasteiger partial charge >= 0.3 is 0 Å². The molecule has 0 N–H and O–H groups in total. The van der Waals surface area contributed by atoms with Gasteiger partial charge in [0.05, 0.1) is 4.90 Å². The van der Waals surface area contributed by atoms with Crippen LogP contribution < -0.4 is 0 Å². The summed E-state index contributed by atoms with van der Waals surface area (Å²) in [6.07, 6.45) is 5.45. The van der Waals surface area contributed by atoms with Gasteiger partial charge in [0.25, 0.3) is 0 Å². The summed E-state index contributed by atoms with van der Waals surface area (Å²) < 4.78 is 32.6. The molecule has 1 aromatic carbocycles. The van der Waals surface area contributed by atoms with Crippen LogP contribution in [0.3, 0.4) is 0 Å². The lowest BCUT2D eigenvalue weighted by Crippen LogP contribution is -2.48. The summed E-state index contributed by atoms with van der Waals surface area (Å²) >= 11 is 0. The van der Waals surface area contributed by atoms with Crippen LogP contribution in [0.1, 0.15) is 30.4 Å². The van der Waals surface area contributed by atoms with E-state index >= 15 is 0 Å². The summed E-state index contributed by atoms with van der Waals surface area (Å²) in [6, 6.07) is 5.72. The van der Waals surface area contributed by atoms with Gasteiger partial charge in [0, 0.05) is 46.4 Å². The van der Waals surface area contributed by atoms with E-state index in [4.69, 9.17) is 4.74 Å². The Bertz CT molecular complexity index is 652. The Balaban J connectivity index is 1.64. The van der Waals surface area contributed by atoms with Gasteiger partial charge in [-0.05, 0) is 55.4 Å². The minimum Gasteiger partial charge on any atom is -0.385 e. The first kappa shape index (κ1) is 17.9. The van der Waals surface area contributed by atoms with Crippen LogP contribution in [0.25, 0.3) is 0 Å². The predicted octanol–water partition coefficient (Wildman–Crippen LogP) is 1.91. The molecule has 0 aromatic heterocycles. The summed E-state index contributed by atoms with van der Waals surface area (Å²) in [7, 11) is -1.65. The number of aryl methyl sites for hydroxylation is 2. The number of sulfonamides is 1. The molecular formula is C18H28N2O3S. The fourth-order valence-electron chi connectivity index (χ4n) is 3.65. The van der Waals surface area contributed by atoms with Crippen molar-refractivity contribution in [2.75, 3.05) is 46.4 Å². The molecule has 0 bridgehead atoms. The van der Waals surface area contributed by atoms with E-state index in [0.29, 0.717) is 18.0 Å². The van der Waals surface area contributed by atoms with Crippen LogP contribution in [-0.4, -0.2) is 64.1 Å². The molecule has 1 heterocycles. The molecule has 1 aromatic rings. The molecule has 0 atom stereocenters. The van der Waals surface area contributed by atoms with Crippen LogP contribution >= 0.6 is 0 Å². The fraction of sp³-hybridized carbons (Fsp3) is 0.667. The SMILES string of the molecule is COCCCN1CCN(S(=O)(=O)c2ccc3c(c2)CCCC3)CC1. The van der Waals surface area contributed by atoms with E-state index in [0.717, 1.165) is 51.9 Å². The number of nitrogens with zero attached hydrogens (tertiary/aromatic N) is 2. The molecule has 0 spiro atoms. The first-order valence-corrected chi connectivity index (χ1v) is 10.4. The summed E-state index contributed by atoms with van der Waals surface area (Å²) in [5.41, 5.74) is 2.55. The maximum Gasteiger partial charge on any atom is 0.243 e. The van der Waals surface area contributed by atoms with Gasteiger partial charge in [-0.1, -0.05) is 6.07 Å². The number of piperazine rings is 1. The molecule has 1 fully saturated rings. The van der Waals surface area contributed by atoms with Crippen LogP contribution in [-0.2, 0) is 27.6 Å². The van der Waals surface area contributed by atoms with E-state index in [2.05, 4.69) is 4.90 Å². The number of rotatable bonds is 6. The van der Waals surface area contributed by atoms with E-state index in [1.54, 1.807) is 17.5 Å². The maximum absolute atomic E-state index is 12.9. The molecule has 0 saturated carbocycles. The number of hydrogen-bond donors (Lipinski definition) is 0. The Morgan fingerprint density at radius 3 is 2.46 bits per heavy atom. The molecule has 5 nitrogen and oxygen atoms in total. The molecular weight excluding hydrogens is 324 g/mol. The molecule has 24 heavy (non-hydrogen) atoms. The van der Waals surface area contributed by atoms with Crippen molar-refractivity contribution in [3.8, 4) is 0 Å². The Hall–Kier alpha value is -0.950. The van der Waals surface area contributed by atoms with E-state index in [1.165, 1.54) is 17.5 Å². The zero-order chi connectivity index (χ0) is 17.0. The third-order valence-corrected chi connectivity index (χ3v) is 7.01. The normalized spacial score (nSPS) is 20.0. The highest BCUT2D eigenvalue weighted by Crippen LogP contribution is 2.26. The van der Waals surface area contributed by atoms with Gasteiger partial charge in [0.1, 0.15) is 0 Å². The highest BCUT2D eigenvalue weighted by Gasteiger charge is 2.29. The second-order valence-corrected chi connectivity index (χ2v) is 8.67. The van der Waals surface area contributed by atoms with Crippen molar-refractivity contribution in [2.24, 2.45) is 0 Å². The Morgan fingerprint density at radius 2 is 1.75 bits per heavy atom. The fourth-order valence-corrected chi connectivity index (χ4v) is 5.12. The second kappa shape index (κ2) is 7.95. The standard InChI is InChI=1S/C18H28N2O3S/c1-23-14-4-9-19-10-12-20(13-11-19)24(21,22)18-8-7-16-5-2-3-6-17(16)15-18/h7-8,15H,2-6,9-14H2,1H3. The molecule has 0 unspecified atom stereocenters. The number of methoxy groups -OCH3 is 1. The molecule has 1 aliphatic carbocycles. The van der Waals surface area contributed by atoms with Crippen molar-refractivity contribution in [1.82, 2.24) is 9.21 Å². The van der Waals surface area contributed by atoms with Gasteiger partial charge in [-0.3, -0.25) is 0 Å². The molecule has 3 rings (SSSR count). The van der Waals surface area contributed by atoms with Gasteiger partial charge in [-0.15, -0.1) is 0 Å². The first-order valence-electron chi connectivity index (χ1n) is 8.94. The van der Waals surface area contributed by atoms with E-state index in [-0.39, 0.29) is 0 Å². The second-order valence-electron chi connectivity index (χ2n) is 6.73. The average molecular weight is 353 g/mol. The minimum atomic E-state index is -3.36. The van der Waals surface area contributed by atoms with E-state index < -0.39 is 10.0 Å². The molecule has 6 heteroatoms. The quantitative estimate of drug-likeness (QED) is 0.734. The van der Waals surface area contributed by atoms with Crippen LogP contribution in [0.5, 0.6) is 0 Å². The topological polar surface area (TPSA) is 49.9 Å². The lowest BCUT2D eigenvalue weighted by Gasteiger charge is -2.34. The van der Waals surface area contributed by atoms with Crippen LogP contribution in [0.2, 0.25) is 0 Å². The van der Waals surface area contributed by atoms with Crippen LogP contribution in [0, 0.1) is 0 Å². The third-order valence-electron chi connectivity index (χ3n) is 5.11. The van der Waals surface area contributed by atoms with Crippen LogP contribution in [0.4, 0.5) is 0 Å². The number of hydrogen-bond acceptors (Lipinski definition) is 4. The molecule has 2 aliphatic rings. The zero-order valence-corrected chi connectivity index (χ0v) is 15.4. The molecule has 1 aliphatic heterocycles. The predicted molar refractivity (Wildman–Crippen MR) is 94.8 cm³/mol. The van der Waals surface area contributed by atoms with Crippen LogP contribution in [0.15, 0.2) is 23.1 Å². The van der Waals surface area contributed by atoms with Gasteiger partial charge in [-0.25, -0.2) is 8.42 Å². The summed E-state index contributed by atoms with van der Waals surface area (Å²) in [5, 5.41) is 0. The number of benzene rings is 1. The average Bonchev–Trinajstić information content (AvgIpc) is 2.62. The van der Waals surface area contributed by atoms with E-state index in [9.17, 15) is 8.42 Å². The Kier molecular flexibility index (Phi) is 5.92. The summed E-state index contributed by atoms with van der Waals surface area (Å²) in [4.78, 5) is 2.79. The van der Waals surface area contributed by atoms with E-state index in [1.807, 2.05) is 12.1 Å².